The molecule has 1 fully saturated rings. The van der Waals surface area contributed by atoms with E-state index in [1.165, 1.54) is 25.1 Å². The van der Waals surface area contributed by atoms with Gasteiger partial charge in [-0.15, -0.1) is 0 Å². The molecule has 0 unspecified atom stereocenters. The molecule has 0 bridgehead atoms. The van der Waals surface area contributed by atoms with E-state index < -0.39 is 34.0 Å². The molecular weight excluding hydrogens is 469 g/mol. The summed E-state index contributed by atoms with van der Waals surface area (Å²) >= 11 is 0. The molecule has 12 heteroatoms. The summed E-state index contributed by atoms with van der Waals surface area (Å²) in [4.78, 5) is 21.1. The normalized spacial score (nSPS) is 15.2. The molecule has 176 valence electrons. The maximum Gasteiger partial charge on any atom is 0.455 e. The summed E-state index contributed by atoms with van der Waals surface area (Å²) in [5, 5.41) is 0.0208. The second-order valence-electron chi connectivity index (χ2n) is 7.87. The zero-order valence-electron chi connectivity index (χ0n) is 17.2. The number of halogens is 5. The highest BCUT2D eigenvalue weighted by Gasteiger charge is 2.57. The number of aromatic nitrogens is 3. The lowest BCUT2D eigenvalue weighted by Crippen LogP contribution is -2.42. The van der Waals surface area contributed by atoms with Gasteiger partial charge in [0.25, 0.3) is 5.56 Å². The largest absolute Gasteiger partial charge is 0.455 e. The van der Waals surface area contributed by atoms with Crippen molar-refractivity contribution in [2.45, 2.75) is 49.2 Å². The first kappa shape index (κ1) is 23.3. The van der Waals surface area contributed by atoms with Crippen LogP contribution in [0.4, 0.5) is 22.0 Å². The SMILES string of the molecule is CCS(=O)(=O)c1ccc(C2CC2)nc1-c1cc2ccn(CC(F)(F)C(F)(F)F)c(=O)c2cn1. The predicted octanol–water partition coefficient (Wildman–Crippen LogP) is 4.33. The quantitative estimate of drug-likeness (QED) is 0.484. The van der Waals surface area contributed by atoms with E-state index in [0.717, 1.165) is 25.2 Å². The van der Waals surface area contributed by atoms with E-state index in [9.17, 15) is 35.2 Å². The molecule has 0 amide bonds. The van der Waals surface area contributed by atoms with E-state index in [-0.39, 0.29) is 43.3 Å². The Morgan fingerprint density at radius 2 is 1.82 bits per heavy atom. The number of fused-ring (bicyclic) bond motifs is 1. The highest BCUT2D eigenvalue weighted by Crippen LogP contribution is 2.41. The third-order valence-electron chi connectivity index (χ3n) is 5.48. The molecule has 4 rings (SSSR count). The predicted molar refractivity (Wildman–Crippen MR) is 110 cm³/mol. The molecule has 1 aliphatic carbocycles. The van der Waals surface area contributed by atoms with Crippen LogP contribution >= 0.6 is 0 Å². The Morgan fingerprint density at radius 3 is 2.42 bits per heavy atom. The van der Waals surface area contributed by atoms with Gasteiger partial charge in [-0.1, -0.05) is 6.92 Å². The molecule has 0 spiro atoms. The molecule has 0 saturated heterocycles. The Labute approximate surface area is 185 Å². The van der Waals surface area contributed by atoms with Gasteiger partial charge in [0.05, 0.1) is 28.3 Å². The average Bonchev–Trinajstić information content (AvgIpc) is 3.59. The topological polar surface area (TPSA) is 81.9 Å². The van der Waals surface area contributed by atoms with Gasteiger partial charge in [0.15, 0.2) is 9.84 Å². The molecule has 3 aromatic heterocycles. The minimum Gasteiger partial charge on any atom is -0.308 e. The van der Waals surface area contributed by atoms with Crippen molar-refractivity contribution in [2.24, 2.45) is 0 Å². The third-order valence-corrected chi connectivity index (χ3v) is 7.24. The molecule has 33 heavy (non-hydrogen) atoms. The molecule has 0 aliphatic heterocycles. The van der Waals surface area contributed by atoms with Gasteiger partial charge >= 0.3 is 12.1 Å². The second-order valence-corrected chi connectivity index (χ2v) is 10.1. The van der Waals surface area contributed by atoms with Gasteiger partial charge in [0.2, 0.25) is 0 Å². The highest BCUT2D eigenvalue weighted by atomic mass is 32.2. The maximum atomic E-state index is 13.4. The van der Waals surface area contributed by atoms with Crippen molar-refractivity contribution in [1.29, 1.82) is 0 Å². The van der Waals surface area contributed by atoms with Crippen LogP contribution in [0.15, 0.2) is 46.3 Å². The smallest absolute Gasteiger partial charge is 0.308 e. The first-order valence-electron chi connectivity index (χ1n) is 10.0. The molecule has 1 saturated carbocycles. The molecule has 3 heterocycles. The maximum absolute atomic E-state index is 13.4. The minimum atomic E-state index is -5.80. The number of alkyl halides is 5. The van der Waals surface area contributed by atoms with Crippen LogP contribution < -0.4 is 5.56 Å². The summed E-state index contributed by atoms with van der Waals surface area (Å²) in [6.07, 6.45) is -2.07. The molecule has 1 aliphatic rings. The molecule has 0 aromatic carbocycles. The van der Waals surface area contributed by atoms with Crippen LogP contribution in [0.25, 0.3) is 22.2 Å². The van der Waals surface area contributed by atoms with Crippen molar-refractivity contribution in [3.05, 3.63) is 52.7 Å². The number of hydrogen-bond donors (Lipinski definition) is 0. The Bertz CT molecular complexity index is 1400. The Morgan fingerprint density at radius 1 is 1.12 bits per heavy atom. The summed E-state index contributed by atoms with van der Waals surface area (Å²) in [6, 6.07) is 5.70. The minimum absolute atomic E-state index is 0.0283. The average molecular weight is 487 g/mol. The van der Waals surface area contributed by atoms with Crippen LogP contribution in [-0.2, 0) is 16.4 Å². The van der Waals surface area contributed by atoms with Crippen LogP contribution in [0.3, 0.4) is 0 Å². The van der Waals surface area contributed by atoms with E-state index in [2.05, 4.69) is 9.97 Å². The summed E-state index contributed by atoms with van der Waals surface area (Å²) in [7, 11) is -3.66. The second kappa shape index (κ2) is 7.86. The lowest BCUT2D eigenvalue weighted by Gasteiger charge is -2.20. The molecular formula is C21H18F5N3O3S. The van der Waals surface area contributed by atoms with Gasteiger partial charge in [-0.25, -0.2) is 13.4 Å². The van der Waals surface area contributed by atoms with Gasteiger partial charge in [-0.2, -0.15) is 22.0 Å². The fourth-order valence-electron chi connectivity index (χ4n) is 3.40. The summed E-state index contributed by atoms with van der Waals surface area (Å²) in [5.74, 6) is -5.03. The molecule has 0 radical (unpaired) electrons. The number of hydrogen-bond acceptors (Lipinski definition) is 5. The number of nitrogens with zero attached hydrogens (tertiary/aromatic N) is 3. The lowest BCUT2D eigenvalue weighted by atomic mass is 10.1. The monoisotopic (exact) mass is 487 g/mol. The van der Waals surface area contributed by atoms with Crippen LogP contribution in [-0.4, -0.2) is 40.8 Å². The van der Waals surface area contributed by atoms with Crippen molar-refractivity contribution in [2.75, 3.05) is 5.75 Å². The number of sulfone groups is 1. The van der Waals surface area contributed by atoms with E-state index in [1.807, 2.05) is 0 Å². The Kier molecular flexibility index (Phi) is 5.54. The number of rotatable bonds is 6. The Balaban J connectivity index is 1.81. The zero-order chi connectivity index (χ0) is 24.2. The standard InChI is InChI=1S/C21H18F5N3O3S/c1-2-33(31,32)17-6-5-15(12-3-4-12)28-18(17)16-9-13-7-8-29(19(30)14(13)10-27-16)11-20(22,23)21(24,25)26/h5-10,12H,2-4,11H2,1H3. The van der Waals surface area contributed by atoms with E-state index in [0.29, 0.717) is 5.69 Å². The van der Waals surface area contributed by atoms with E-state index in [4.69, 9.17) is 0 Å². The Hall–Kier alpha value is -2.89. The first-order valence-corrected chi connectivity index (χ1v) is 11.7. The van der Waals surface area contributed by atoms with Gasteiger partial charge in [0.1, 0.15) is 5.69 Å². The van der Waals surface area contributed by atoms with E-state index in [1.54, 1.807) is 6.07 Å². The van der Waals surface area contributed by atoms with Crippen LogP contribution in [0, 0.1) is 0 Å². The van der Waals surface area contributed by atoms with Crippen molar-refractivity contribution in [1.82, 2.24) is 14.5 Å². The van der Waals surface area contributed by atoms with Crippen LogP contribution in [0.2, 0.25) is 0 Å². The summed E-state index contributed by atoms with van der Waals surface area (Å²) in [5.41, 5.74) is -0.103. The molecule has 6 nitrogen and oxygen atoms in total. The first-order chi connectivity index (χ1) is 15.3. The van der Waals surface area contributed by atoms with Crippen molar-refractivity contribution in [3.8, 4) is 11.4 Å². The van der Waals surface area contributed by atoms with Crippen molar-refractivity contribution in [3.63, 3.8) is 0 Å². The fraction of sp³-hybridized carbons (Fsp3) is 0.381. The fourth-order valence-corrected chi connectivity index (χ4v) is 4.43. The molecule has 3 aromatic rings. The van der Waals surface area contributed by atoms with Crippen LogP contribution in [0.5, 0.6) is 0 Å². The van der Waals surface area contributed by atoms with Gasteiger partial charge in [0, 0.05) is 24.0 Å². The molecule has 0 atom stereocenters. The van der Waals surface area contributed by atoms with Crippen molar-refractivity contribution >= 4 is 20.6 Å². The summed E-state index contributed by atoms with van der Waals surface area (Å²) in [6.45, 7) is -0.377. The molecule has 0 N–H and O–H groups in total. The van der Waals surface area contributed by atoms with E-state index >= 15 is 0 Å². The highest BCUT2D eigenvalue weighted by molar-refractivity contribution is 7.91. The van der Waals surface area contributed by atoms with Gasteiger partial charge < -0.3 is 4.57 Å². The van der Waals surface area contributed by atoms with Gasteiger partial charge in [-0.3, -0.25) is 9.78 Å². The van der Waals surface area contributed by atoms with Gasteiger partial charge in [-0.05, 0) is 42.5 Å². The lowest BCUT2D eigenvalue weighted by molar-refractivity contribution is -0.287. The third kappa shape index (κ3) is 4.35. The summed E-state index contributed by atoms with van der Waals surface area (Å²) < 4.78 is 89.9. The number of pyridine rings is 3. The van der Waals surface area contributed by atoms with Crippen molar-refractivity contribution < 1.29 is 30.4 Å². The van der Waals surface area contributed by atoms with Crippen LogP contribution in [0.1, 0.15) is 31.4 Å². The zero-order valence-corrected chi connectivity index (χ0v) is 18.1.